The summed E-state index contributed by atoms with van der Waals surface area (Å²) in [6.45, 7) is 2.09. The Bertz CT molecular complexity index is 709. The Morgan fingerprint density at radius 1 is 1.26 bits per heavy atom. The van der Waals surface area contributed by atoms with Crippen molar-refractivity contribution in [2.24, 2.45) is 0 Å². The van der Waals surface area contributed by atoms with E-state index in [1.807, 2.05) is 24.3 Å². The Morgan fingerprint density at radius 2 is 2.09 bits per heavy atom. The number of aryl methyl sites for hydroxylation is 3. The molecular weight excluding hydrogens is 284 g/mol. The van der Waals surface area contributed by atoms with Crippen molar-refractivity contribution in [2.45, 2.75) is 45.1 Å². The van der Waals surface area contributed by atoms with Crippen LogP contribution < -0.4 is 11.1 Å². The normalized spacial score (nSPS) is 16.7. The molecule has 1 aliphatic rings. The number of rotatable bonds is 4. The van der Waals surface area contributed by atoms with E-state index in [1.54, 1.807) is 0 Å². The van der Waals surface area contributed by atoms with Crippen LogP contribution in [0, 0.1) is 6.92 Å². The van der Waals surface area contributed by atoms with E-state index in [9.17, 15) is 4.79 Å². The summed E-state index contributed by atoms with van der Waals surface area (Å²) in [4.78, 5) is 12.3. The molecule has 1 aliphatic carbocycles. The molecule has 0 spiro atoms. The summed E-state index contributed by atoms with van der Waals surface area (Å²) in [5.41, 5.74) is 11.7. The number of nitrogen functional groups attached to an aromatic ring is 1. The van der Waals surface area contributed by atoms with Crippen LogP contribution in [-0.4, -0.2) is 5.91 Å². The minimum Gasteiger partial charge on any atom is -0.399 e. The maximum atomic E-state index is 12.3. The lowest BCUT2D eigenvalue weighted by Gasteiger charge is -2.26. The van der Waals surface area contributed by atoms with Gasteiger partial charge in [-0.1, -0.05) is 30.3 Å². The minimum absolute atomic E-state index is 0.128. The van der Waals surface area contributed by atoms with E-state index < -0.39 is 0 Å². The second-order valence-corrected chi connectivity index (χ2v) is 6.40. The van der Waals surface area contributed by atoms with E-state index in [1.165, 1.54) is 22.3 Å². The zero-order chi connectivity index (χ0) is 16.2. The van der Waals surface area contributed by atoms with Crippen molar-refractivity contribution in [2.75, 3.05) is 5.73 Å². The minimum atomic E-state index is 0.128. The number of amides is 1. The van der Waals surface area contributed by atoms with Gasteiger partial charge in [0.05, 0.1) is 6.04 Å². The van der Waals surface area contributed by atoms with Crippen molar-refractivity contribution < 1.29 is 4.79 Å². The van der Waals surface area contributed by atoms with Gasteiger partial charge in [-0.15, -0.1) is 0 Å². The standard InChI is InChI=1S/C20H24N2O/c1-14-5-2-3-6-15(14)9-12-20(23)22-19-8-4-7-16-13-17(21)10-11-18(16)19/h2-3,5-6,10-11,13,19H,4,7-9,12,21H2,1H3,(H,22,23). The van der Waals surface area contributed by atoms with Crippen LogP contribution in [-0.2, 0) is 17.6 Å². The first-order valence-corrected chi connectivity index (χ1v) is 8.35. The molecule has 0 heterocycles. The highest BCUT2D eigenvalue weighted by molar-refractivity contribution is 5.77. The molecule has 0 bridgehead atoms. The van der Waals surface area contributed by atoms with Gasteiger partial charge in [-0.25, -0.2) is 0 Å². The van der Waals surface area contributed by atoms with E-state index in [-0.39, 0.29) is 11.9 Å². The maximum absolute atomic E-state index is 12.3. The molecule has 120 valence electrons. The summed E-state index contributed by atoms with van der Waals surface area (Å²) in [5, 5.41) is 3.20. The third-order valence-electron chi connectivity index (χ3n) is 4.70. The van der Waals surface area contributed by atoms with Crippen molar-refractivity contribution in [1.29, 1.82) is 0 Å². The molecule has 3 nitrogen and oxygen atoms in total. The van der Waals surface area contributed by atoms with Gasteiger partial charge in [0.25, 0.3) is 0 Å². The number of nitrogens with two attached hydrogens (primary N) is 1. The van der Waals surface area contributed by atoms with Gasteiger partial charge in [-0.2, -0.15) is 0 Å². The maximum Gasteiger partial charge on any atom is 0.220 e. The second kappa shape index (κ2) is 6.86. The fraction of sp³-hybridized carbons (Fsp3) is 0.350. The molecule has 0 saturated heterocycles. The summed E-state index contributed by atoms with van der Waals surface area (Å²) in [6.07, 6.45) is 4.48. The Balaban J connectivity index is 1.62. The van der Waals surface area contributed by atoms with Crippen LogP contribution in [0.25, 0.3) is 0 Å². The van der Waals surface area contributed by atoms with Crippen LogP contribution >= 0.6 is 0 Å². The lowest BCUT2D eigenvalue weighted by Crippen LogP contribution is -2.31. The van der Waals surface area contributed by atoms with E-state index in [4.69, 9.17) is 5.73 Å². The van der Waals surface area contributed by atoms with E-state index in [0.29, 0.717) is 6.42 Å². The molecule has 3 rings (SSSR count). The van der Waals surface area contributed by atoms with Crippen LogP contribution in [0.1, 0.15) is 47.6 Å². The van der Waals surface area contributed by atoms with Crippen LogP contribution in [0.4, 0.5) is 5.69 Å². The second-order valence-electron chi connectivity index (χ2n) is 6.40. The monoisotopic (exact) mass is 308 g/mol. The Hall–Kier alpha value is -2.29. The number of fused-ring (bicyclic) bond motifs is 1. The predicted molar refractivity (Wildman–Crippen MR) is 94.2 cm³/mol. The Kier molecular flexibility index (Phi) is 4.65. The van der Waals surface area contributed by atoms with Gasteiger partial charge in [-0.05, 0) is 67.0 Å². The van der Waals surface area contributed by atoms with Crippen LogP contribution in [0.2, 0.25) is 0 Å². The average molecular weight is 308 g/mol. The number of hydrogen-bond acceptors (Lipinski definition) is 2. The Labute approximate surface area is 137 Å². The summed E-state index contributed by atoms with van der Waals surface area (Å²) in [6, 6.07) is 14.4. The summed E-state index contributed by atoms with van der Waals surface area (Å²) in [7, 11) is 0. The summed E-state index contributed by atoms with van der Waals surface area (Å²) in [5.74, 6) is 0.128. The highest BCUT2D eigenvalue weighted by atomic mass is 16.1. The number of carbonyl (C=O) groups excluding carboxylic acids is 1. The lowest BCUT2D eigenvalue weighted by molar-refractivity contribution is -0.121. The van der Waals surface area contributed by atoms with Gasteiger partial charge in [0.15, 0.2) is 0 Å². The third kappa shape index (κ3) is 3.73. The largest absolute Gasteiger partial charge is 0.399 e. The highest BCUT2D eigenvalue weighted by Crippen LogP contribution is 2.31. The SMILES string of the molecule is Cc1ccccc1CCC(=O)NC1CCCc2cc(N)ccc21. The molecule has 0 fully saturated rings. The first-order chi connectivity index (χ1) is 11.1. The molecule has 0 aliphatic heterocycles. The van der Waals surface area contributed by atoms with Crippen molar-refractivity contribution in [3.05, 3.63) is 64.7 Å². The van der Waals surface area contributed by atoms with Crippen molar-refractivity contribution in [3.63, 3.8) is 0 Å². The number of carbonyl (C=O) groups is 1. The fourth-order valence-corrected chi connectivity index (χ4v) is 3.39. The van der Waals surface area contributed by atoms with Gasteiger partial charge in [0.1, 0.15) is 0 Å². The number of hydrogen-bond donors (Lipinski definition) is 2. The number of anilines is 1. The quantitative estimate of drug-likeness (QED) is 0.846. The number of benzene rings is 2. The molecule has 2 aromatic carbocycles. The molecule has 23 heavy (non-hydrogen) atoms. The molecule has 1 atom stereocenters. The zero-order valence-corrected chi connectivity index (χ0v) is 13.6. The predicted octanol–water partition coefficient (Wildman–Crippen LogP) is 3.70. The van der Waals surface area contributed by atoms with Gasteiger partial charge < -0.3 is 11.1 Å². The van der Waals surface area contributed by atoms with Gasteiger partial charge in [0.2, 0.25) is 5.91 Å². The Morgan fingerprint density at radius 3 is 2.91 bits per heavy atom. The van der Waals surface area contributed by atoms with E-state index >= 15 is 0 Å². The smallest absolute Gasteiger partial charge is 0.220 e. The summed E-state index contributed by atoms with van der Waals surface area (Å²) < 4.78 is 0. The van der Waals surface area contributed by atoms with Crippen molar-refractivity contribution >= 4 is 11.6 Å². The number of nitrogens with one attached hydrogen (secondary N) is 1. The highest BCUT2D eigenvalue weighted by Gasteiger charge is 2.21. The molecule has 1 unspecified atom stereocenters. The van der Waals surface area contributed by atoms with Crippen molar-refractivity contribution in [3.8, 4) is 0 Å². The van der Waals surface area contributed by atoms with Gasteiger partial charge >= 0.3 is 0 Å². The van der Waals surface area contributed by atoms with E-state index in [2.05, 4.69) is 30.4 Å². The van der Waals surface area contributed by atoms with E-state index in [0.717, 1.165) is 31.4 Å². The molecule has 0 saturated carbocycles. The molecule has 0 aromatic heterocycles. The fourth-order valence-electron chi connectivity index (χ4n) is 3.39. The first-order valence-electron chi connectivity index (χ1n) is 8.35. The molecule has 2 aromatic rings. The molecule has 1 amide bonds. The topological polar surface area (TPSA) is 55.1 Å². The molecule has 3 heteroatoms. The van der Waals surface area contributed by atoms with Crippen molar-refractivity contribution in [1.82, 2.24) is 5.32 Å². The lowest BCUT2D eigenvalue weighted by atomic mass is 9.87. The van der Waals surface area contributed by atoms with Crippen LogP contribution in [0.3, 0.4) is 0 Å². The molecular formula is C20H24N2O. The third-order valence-corrected chi connectivity index (χ3v) is 4.70. The zero-order valence-electron chi connectivity index (χ0n) is 13.6. The molecule has 0 radical (unpaired) electrons. The molecule has 3 N–H and O–H groups in total. The van der Waals surface area contributed by atoms with Crippen LogP contribution in [0.5, 0.6) is 0 Å². The average Bonchev–Trinajstić information content (AvgIpc) is 2.54. The van der Waals surface area contributed by atoms with Crippen LogP contribution in [0.15, 0.2) is 42.5 Å². The first kappa shape index (κ1) is 15.6. The summed E-state index contributed by atoms with van der Waals surface area (Å²) >= 11 is 0. The van der Waals surface area contributed by atoms with Gasteiger partial charge in [-0.3, -0.25) is 4.79 Å². The van der Waals surface area contributed by atoms with Gasteiger partial charge in [0, 0.05) is 12.1 Å².